The Morgan fingerprint density at radius 3 is 2.55 bits per heavy atom. The van der Waals surface area contributed by atoms with Gasteiger partial charge in [-0.3, -0.25) is 0 Å². The molecule has 0 saturated carbocycles. The zero-order valence-electron chi connectivity index (χ0n) is 12.7. The fraction of sp³-hybridized carbons (Fsp3) is 0.714. The fourth-order valence-corrected chi connectivity index (χ4v) is 2.46. The number of aromatic nitrogens is 2. The van der Waals surface area contributed by atoms with E-state index in [1.807, 2.05) is 18.7 Å². The highest BCUT2D eigenvalue weighted by atomic mass is 35.5. The van der Waals surface area contributed by atoms with Crippen LogP contribution in [-0.2, 0) is 5.41 Å². The largest absolute Gasteiger partial charge is 0.396 e. The predicted octanol–water partition coefficient (Wildman–Crippen LogP) is 3.26. The molecule has 0 radical (unpaired) electrons. The van der Waals surface area contributed by atoms with Gasteiger partial charge in [0.25, 0.3) is 0 Å². The summed E-state index contributed by atoms with van der Waals surface area (Å²) in [6.45, 7) is 9.23. The Kier molecular flexibility index (Phi) is 7.06. The van der Waals surface area contributed by atoms with Crippen molar-refractivity contribution in [2.45, 2.75) is 39.5 Å². The average molecular weight is 318 g/mol. The van der Waals surface area contributed by atoms with E-state index in [2.05, 4.69) is 36.1 Å². The molecule has 0 bridgehead atoms. The second kappa shape index (κ2) is 8.05. The minimum Gasteiger partial charge on any atom is -0.396 e. The van der Waals surface area contributed by atoms with Crippen LogP contribution in [0.1, 0.15) is 38.6 Å². The fourth-order valence-electron chi connectivity index (χ4n) is 1.51. The van der Waals surface area contributed by atoms with Crippen LogP contribution < -0.4 is 5.32 Å². The van der Waals surface area contributed by atoms with Gasteiger partial charge in [0.15, 0.2) is 0 Å². The van der Waals surface area contributed by atoms with Crippen LogP contribution in [0.4, 0.5) is 5.82 Å². The molecule has 0 fully saturated rings. The Morgan fingerprint density at radius 1 is 1.25 bits per heavy atom. The first-order chi connectivity index (χ1) is 9.36. The van der Waals surface area contributed by atoms with E-state index in [1.165, 1.54) is 0 Å². The number of rotatable bonds is 7. The molecule has 1 heterocycles. The molecule has 4 nitrogen and oxygen atoms in total. The lowest BCUT2D eigenvalue weighted by Gasteiger charge is -2.19. The van der Waals surface area contributed by atoms with E-state index in [0.717, 1.165) is 41.7 Å². The lowest BCUT2D eigenvalue weighted by Crippen LogP contribution is -2.19. The molecule has 0 amide bonds. The van der Waals surface area contributed by atoms with Crippen molar-refractivity contribution >= 4 is 29.2 Å². The third kappa shape index (κ3) is 5.46. The summed E-state index contributed by atoms with van der Waals surface area (Å²) in [7, 11) is 0. The van der Waals surface area contributed by atoms with Crippen molar-refractivity contribution in [3.63, 3.8) is 0 Å². The second-order valence-electron chi connectivity index (χ2n) is 5.68. The van der Waals surface area contributed by atoms with E-state index in [0.29, 0.717) is 5.15 Å². The number of hydrogen-bond donors (Lipinski definition) is 2. The van der Waals surface area contributed by atoms with Gasteiger partial charge in [-0.1, -0.05) is 32.4 Å². The predicted molar refractivity (Wildman–Crippen MR) is 88.0 cm³/mol. The van der Waals surface area contributed by atoms with Crippen molar-refractivity contribution in [2.75, 3.05) is 30.0 Å². The lowest BCUT2D eigenvalue weighted by atomic mass is 9.95. The van der Waals surface area contributed by atoms with Gasteiger partial charge < -0.3 is 10.4 Å². The van der Waals surface area contributed by atoms with Crippen molar-refractivity contribution in [1.29, 1.82) is 0 Å². The maximum atomic E-state index is 8.71. The van der Waals surface area contributed by atoms with Gasteiger partial charge in [0.2, 0.25) is 0 Å². The van der Waals surface area contributed by atoms with E-state index < -0.39 is 0 Å². The Morgan fingerprint density at radius 2 is 1.95 bits per heavy atom. The molecule has 114 valence electrons. The van der Waals surface area contributed by atoms with Crippen LogP contribution >= 0.6 is 23.4 Å². The zero-order chi connectivity index (χ0) is 15.2. The molecule has 0 aliphatic carbocycles. The molecule has 2 N–H and O–H groups in total. The monoisotopic (exact) mass is 317 g/mol. The Balaban J connectivity index is 2.63. The number of aliphatic hydroxyl groups is 1. The lowest BCUT2D eigenvalue weighted by molar-refractivity contribution is 0.296. The molecular weight excluding hydrogens is 294 g/mol. The third-order valence-electron chi connectivity index (χ3n) is 2.74. The van der Waals surface area contributed by atoms with Crippen LogP contribution in [-0.4, -0.2) is 39.7 Å². The molecular formula is C14H24ClN3OS. The van der Waals surface area contributed by atoms with Gasteiger partial charge in [0.05, 0.1) is 0 Å². The molecule has 0 aliphatic rings. The molecule has 6 heteroatoms. The summed E-state index contributed by atoms with van der Waals surface area (Å²) in [6, 6.07) is 0. The highest BCUT2D eigenvalue weighted by Crippen LogP contribution is 2.25. The standard InChI is InChI=1S/C14H24ClN3OS/c1-10-11(15)17-13(14(2,3)4)18-12(10)16-6-9-20-8-5-7-19/h19H,5-9H2,1-4H3,(H,16,17,18). The molecule has 1 aromatic heterocycles. The summed E-state index contributed by atoms with van der Waals surface area (Å²) < 4.78 is 0. The smallest absolute Gasteiger partial charge is 0.137 e. The van der Waals surface area contributed by atoms with Gasteiger partial charge in [0.1, 0.15) is 16.8 Å². The van der Waals surface area contributed by atoms with Gasteiger partial charge >= 0.3 is 0 Å². The Hall–Kier alpha value is -0.520. The SMILES string of the molecule is Cc1c(Cl)nc(C(C)(C)C)nc1NCCSCCCO. The van der Waals surface area contributed by atoms with Gasteiger partial charge in [-0.05, 0) is 19.1 Å². The second-order valence-corrected chi connectivity index (χ2v) is 7.26. The molecule has 1 rings (SSSR count). The van der Waals surface area contributed by atoms with E-state index in [1.54, 1.807) is 0 Å². The Labute approximate surface area is 130 Å². The molecule has 0 saturated heterocycles. The van der Waals surface area contributed by atoms with Crippen LogP contribution in [0.2, 0.25) is 5.15 Å². The summed E-state index contributed by atoms with van der Waals surface area (Å²) in [5.41, 5.74) is 0.768. The quantitative estimate of drug-likeness (QED) is 0.597. The number of nitrogens with zero attached hydrogens (tertiary/aromatic N) is 2. The van der Waals surface area contributed by atoms with E-state index in [-0.39, 0.29) is 12.0 Å². The first-order valence-corrected chi connectivity index (χ1v) is 8.36. The third-order valence-corrected chi connectivity index (χ3v) is 4.18. The zero-order valence-corrected chi connectivity index (χ0v) is 14.2. The van der Waals surface area contributed by atoms with Crippen LogP contribution in [0.15, 0.2) is 0 Å². The van der Waals surface area contributed by atoms with Crippen molar-refractivity contribution in [2.24, 2.45) is 0 Å². The number of hydrogen-bond acceptors (Lipinski definition) is 5. The topological polar surface area (TPSA) is 58.0 Å². The average Bonchev–Trinajstić information content (AvgIpc) is 2.37. The number of anilines is 1. The van der Waals surface area contributed by atoms with Gasteiger partial charge in [-0.15, -0.1) is 0 Å². The van der Waals surface area contributed by atoms with Crippen molar-refractivity contribution in [3.8, 4) is 0 Å². The molecule has 0 unspecified atom stereocenters. The Bertz CT molecular complexity index is 435. The summed E-state index contributed by atoms with van der Waals surface area (Å²) in [4.78, 5) is 8.94. The number of nitrogens with one attached hydrogen (secondary N) is 1. The maximum Gasteiger partial charge on any atom is 0.137 e. The van der Waals surface area contributed by atoms with Crippen LogP contribution in [0.3, 0.4) is 0 Å². The van der Waals surface area contributed by atoms with Crippen LogP contribution in [0.25, 0.3) is 0 Å². The molecule has 1 aromatic rings. The van der Waals surface area contributed by atoms with Crippen LogP contribution in [0, 0.1) is 6.92 Å². The summed E-state index contributed by atoms with van der Waals surface area (Å²) in [5, 5.41) is 12.6. The summed E-state index contributed by atoms with van der Waals surface area (Å²) in [5.74, 6) is 3.53. The molecule has 0 aliphatic heterocycles. The minimum absolute atomic E-state index is 0.121. The normalized spacial score (nSPS) is 11.7. The first kappa shape index (κ1) is 17.5. The summed E-state index contributed by atoms with van der Waals surface area (Å²) in [6.07, 6.45) is 0.844. The van der Waals surface area contributed by atoms with Crippen LogP contribution in [0.5, 0.6) is 0 Å². The van der Waals surface area contributed by atoms with E-state index in [4.69, 9.17) is 16.7 Å². The summed E-state index contributed by atoms with van der Waals surface area (Å²) >= 11 is 8.00. The van der Waals surface area contributed by atoms with Gasteiger partial charge in [0, 0.05) is 29.9 Å². The first-order valence-electron chi connectivity index (χ1n) is 6.83. The number of halogens is 1. The molecule has 0 atom stereocenters. The van der Waals surface area contributed by atoms with E-state index in [9.17, 15) is 0 Å². The maximum absolute atomic E-state index is 8.71. The molecule has 0 spiro atoms. The number of aliphatic hydroxyl groups excluding tert-OH is 1. The van der Waals surface area contributed by atoms with Crippen molar-refractivity contribution in [3.05, 3.63) is 16.5 Å². The van der Waals surface area contributed by atoms with E-state index >= 15 is 0 Å². The minimum atomic E-state index is -0.121. The highest BCUT2D eigenvalue weighted by molar-refractivity contribution is 7.99. The number of thioether (sulfide) groups is 1. The molecule has 0 aromatic carbocycles. The van der Waals surface area contributed by atoms with Gasteiger partial charge in [-0.2, -0.15) is 11.8 Å². The van der Waals surface area contributed by atoms with Gasteiger partial charge in [-0.25, -0.2) is 9.97 Å². The molecule has 20 heavy (non-hydrogen) atoms. The van der Waals surface area contributed by atoms with Crippen molar-refractivity contribution in [1.82, 2.24) is 9.97 Å². The van der Waals surface area contributed by atoms with Crippen molar-refractivity contribution < 1.29 is 5.11 Å². The highest BCUT2D eigenvalue weighted by Gasteiger charge is 2.20.